The van der Waals surface area contributed by atoms with E-state index >= 15 is 0 Å². The van der Waals surface area contributed by atoms with Gasteiger partial charge in [-0.3, -0.25) is 4.79 Å². The van der Waals surface area contributed by atoms with E-state index in [9.17, 15) is 4.79 Å². The van der Waals surface area contributed by atoms with Crippen molar-refractivity contribution in [2.45, 2.75) is 6.92 Å². The second-order valence-corrected chi connectivity index (χ2v) is 2.97. The van der Waals surface area contributed by atoms with Crippen LogP contribution in [0.2, 0.25) is 5.02 Å². The average Bonchev–Trinajstić information content (AvgIpc) is 2.20. The van der Waals surface area contributed by atoms with Crippen molar-refractivity contribution in [1.82, 2.24) is 0 Å². The van der Waals surface area contributed by atoms with E-state index in [1.54, 1.807) is 18.2 Å². The van der Waals surface area contributed by atoms with Crippen LogP contribution in [0.5, 0.6) is 5.75 Å². The SMILES string of the molecule is CCOCOc1ccc(C=O)cc1Cl. The third kappa shape index (κ3) is 3.01. The summed E-state index contributed by atoms with van der Waals surface area (Å²) >= 11 is 5.85. The highest BCUT2D eigenvalue weighted by Crippen LogP contribution is 2.24. The number of halogens is 1. The lowest BCUT2D eigenvalue weighted by Gasteiger charge is -2.07. The zero-order valence-corrected chi connectivity index (χ0v) is 8.58. The fourth-order valence-corrected chi connectivity index (χ4v) is 1.14. The molecule has 0 atom stereocenters. The highest BCUT2D eigenvalue weighted by molar-refractivity contribution is 6.32. The van der Waals surface area contributed by atoms with Crippen molar-refractivity contribution < 1.29 is 14.3 Å². The Morgan fingerprint density at radius 1 is 1.50 bits per heavy atom. The number of carbonyl (C=O) groups excluding carboxylic acids is 1. The van der Waals surface area contributed by atoms with Crippen LogP contribution in [0.25, 0.3) is 0 Å². The van der Waals surface area contributed by atoms with Crippen LogP contribution >= 0.6 is 11.6 Å². The number of aldehydes is 1. The molecule has 0 heterocycles. The Balaban J connectivity index is 2.64. The molecule has 0 saturated heterocycles. The van der Waals surface area contributed by atoms with E-state index in [4.69, 9.17) is 21.1 Å². The lowest BCUT2D eigenvalue weighted by atomic mass is 10.2. The topological polar surface area (TPSA) is 35.5 Å². The minimum absolute atomic E-state index is 0.163. The maximum absolute atomic E-state index is 10.4. The summed E-state index contributed by atoms with van der Waals surface area (Å²) in [7, 11) is 0. The largest absolute Gasteiger partial charge is 0.466 e. The summed E-state index contributed by atoms with van der Waals surface area (Å²) in [5.41, 5.74) is 0.527. The van der Waals surface area contributed by atoms with Gasteiger partial charge in [0.15, 0.2) is 6.79 Å². The lowest BCUT2D eigenvalue weighted by Crippen LogP contribution is -2.02. The third-order valence-electron chi connectivity index (χ3n) is 1.59. The summed E-state index contributed by atoms with van der Waals surface area (Å²) in [4.78, 5) is 10.4. The maximum atomic E-state index is 10.4. The summed E-state index contributed by atoms with van der Waals surface area (Å²) in [5, 5.41) is 0.411. The van der Waals surface area contributed by atoms with Crippen LogP contribution in [-0.2, 0) is 4.74 Å². The van der Waals surface area contributed by atoms with Gasteiger partial charge in [-0.2, -0.15) is 0 Å². The van der Waals surface area contributed by atoms with Crippen LogP contribution in [0.1, 0.15) is 17.3 Å². The molecule has 0 amide bonds. The monoisotopic (exact) mass is 214 g/mol. The fraction of sp³-hybridized carbons (Fsp3) is 0.300. The number of carbonyl (C=O) groups is 1. The molecule has 0 spiro atoms. The quantitative estimate of drug-likeness (QED) is 0.429. The molecule has 0 saturated carbocycles. The first-order valence-electron chi connectivity index (χ1n) is 4.23. The summed E-state index contributed by atoms with van der Waals surface area (Å²) in [6, 6.07) is 4.83. The Labute approximate surface area is 87.6 Å². The summed E-state index contributed by atoms with van der Waals surface area (Å²) < 4.78 is 10.2. The number of benzene rings is 1. The number of hydrogen-bond donors (Lipinski definition) is 0. The van der Waals surface area contributed by atoms with Gasteiger partial charge < -0.3 is 9.47 Å². The minimum atomic E-state index is 0.163. The first-order valence-corrected chi connectivity index (χ1v) is 4.61. The molecule has 0 aromatic heterocycles. The van der Waals surface area contributed by atoms with Crippen LogP contribution in [0.15, 0.2) is 18.2 Å². The minimum Gasteiger partial charge on any atom is -0.466 e. The first-order chi connectivity index (χ1) is 6.77. The Bertz CT molecular complexity index is 312. The molecule has 0 bridgehead atoms. The molecule has 0 radical (unpaired) electrons. The highest BCUT2D eigenvalue weighted by Gasteiger charge is 2.01. The molecule has 0 unspecified atom stereocenters. The van der Waals surface area contributed by atoms with Gasteiger partial charge in [0.2, 0.25) is 0 Å². The van der Waals surface area contributed by atoms with Crippen molar-refractivity contribution in [3.05, 3.63) is 28.8 Å². The van der Waals surface area contributed by atoms with E-state index in [2.05, 4.69) is 0 Å². The van der Waals surface area contributed by atoms with Crippen molar-refractivity contribution in [2.24, 2.45) is 0 Å². The first kappa shape index (κ1) is 11.0. The van der Waals surface area contributed by atoms with E-state index < -0.39 is 0 Å². The molecule has 0 aliphatic heterocycles. The number of hydrogen-bond acceptors (Lipinski definition) is 3. The van der Waals surface area contributed by atoms with E-state index in [0.29, 0.717) is 22.9 Å². The summed E-state index contributed by atoms with van der Waals surface area (Å²) in [6.45, 7) is 2.63. The molecule has 0 fully saturated rings. The van der Waals surface area contributed by atoms with Crippen LogP contribution in [0, 0.1) is 0 Å². The molecule has 14 heavy (non-hydrogen) atoms. The van der Waals surface area contributed by atoms with E-state index in [0.717, 1.165) is 6.29 Å². The normalized spacial score (nSPS) is 9.86. The molecule has 1 aromatic carbocycles. The second kappa shape index (κ2) is 5.62. The van der Waals surface area contributed by atoms with Gasteiger partial charge in [-0.25, -0.2) is 0 Å². The van der Waals surface area contributed by atoms with Crippen LogP contribution < -0.4 is 4.74 Å². The van der Waals surface area contributed by atoms with Crippen molar-refractivity contribution in [2.75, 3.05) is 13.4 Å². The Kier molecular flexibility index (Phi) is 4.43. The summed E-state index contributed by atoms with van der Waals surface area (Å²) in [6.07, 6.45) is 0.734. The zero-order valence-electron chi connectivity index (χ0n) is 7.83. The molecular formula is C10H11ClO3. The van der Waals surface area contributed by atoms with E-state index in [1.165, 1.54) is 0 Å². The van der Waals surface area contributed by atoms with Gasteiger partial charge in [0.1, 0.15) is 12.0 Å². The van der Waals surface area contributed by atoms with Gasteiger partial charge >= 0.3 is 0 Å². The molecule has 76 valence electrons. The predicted octanol–water partition coefficient (Wildman–Crippen LogP) is 2.53. The van der Waals surface area contributed by atoms with E-state index in [-0.39, 0.29) is 6.79 Å². The standard InChI is InChI=1S/C10H11ClO3/c1-2-13-7-14-10-4-3-8(6-12)5-9(10)11/h3-6H,2,7H2,1H3. The molecule has 0 aliphatic rings. The van der Waals surface area contributed by atoms with Gasteiger partial charge in [0.25, 0.3) is 0 Å². The molecule has 4 heteroatoms. The molecule has 1 rings (SSSR count). The van der Waals surface area contributed by atoms with Crippen molar-refractivity contribution in [3.8, 4) is 5.75 Å². The second-order valence-electron chi connectivity index (χ2n) is 2.56. The molecular weight excluding hydrogens is 204 g/mol. The molecule has 0 N–H and O–H groups in total. The lowest BCUT2D eigenvalue weighted by molar-refractivity contribution is 0.0225. The van der Waals surface area contributed by atoms with Crippen LogP contribution in [-0.4, -0.2) is 19.7 Å². The van der Waals surface area contributed by atoms with Crippen molar-refractivity contribution >= 4 is 17.9 Å². The van der Waals surface area contributed by atoms with Gasteiger partial charge in [0.05, 0.1) is 5.02 Å². The van der Waals surface area contributed by atoms with Gasteiger partial charge in [-0.15, -0.1) is 0 Å². The molecule has 3 nitrogen and oxygen atoms in total. The van der Waals surface area contributed by atoms with Crippen molar-refractivity contribution in [1.29, 1.82) is 0 Å². The number of rotatable bonds is 5. The van der Waals surface area contributed by atoms with Crippen LogP contribution in [0.3, 0.4) is 0 Å². The van der Waals surface area contributed by atoms with Crippen LogP contribution in [0.4, 0.5) is 0 Å². The summed E-state index contributed by atoms with van der Waals surface area (Å²) in [5.74, 6) is 0.519. The molecule has 1 aromatic rings. The highest BCUT2D eigenvalue weighted by atomic mass is 35.5. The van der Waals surface area contributed by atoms with Gasteiger partial charge in [-0.05, 0) is 25.1 Å². The maximum Gasteiger partial charge on any atom is 0.189 e. The van der Waals surface area contributed by atoms with Crippen molar-refractivity contribution in [3.63, 3.8) is 0 Å². The fourth-order valence-electron chi connectivity index (χ4n) is 0.896. The van der Waals surface area contributed by atoms with E-state index in [1.807, 2.05) is 6.92 Å². The number of ether oxygens (including phenoxy) is 2. The third-order valence-corrected chi connectivity index (χ3v) is 1.89. The molecule has 0 aliphatic carbocycles. The van der Waals surface area contributed by atoms with Gasteiger partial charge in [0, 0.05) is 12.2 Å². The average molecular weight is 215 g/mol. The Hall–Kier alpha value is -1.06. The Morgan fingerprint density at radius 3 is 2.86 bits per heavy atom. The predicted molar refractivity (Wildman–Crippen MR) is 54.0 cm³/mol. The van der Waals surface area contributed by atoms with Gasteiger partial charge in [-0.1, -0.05) is 11.6 Å². The smallest absolute Gasteiger partial charge is 0.189 e. The zero-order chi connectivity index (χ0) is 10.4. The Morgan fingerprint density at radius 2 is 2.29 bits per heavy atom.